The zero-order valence-electron chi connectivity index (χ0n) is 30.3. The second kappa shape index (κ2) is 14.1. The average Bonchev–Trinajstić information content (AvgIpc) is 3.98. The number of carbonyl (C=O) groups excluding carboxylic acids is 3. The van der Waals surface area contributed by atoms with Crippen LogP contribution >= 0.6 is 11.3 Å². The van der Waals surface area contributed by atoms with Crippen LogP contribution in [0, 0.1) is 24.7 Å². The molecule has 14 heteroatoms. The summed E-state index contributed by atoms with van der Waals surface area (Å²) in [7, 11) is -0.445. The van der Waals surface area contributed by atoms with Gasteiger partial charge < -0.3 is 19.7 Å². The Balaban J connectivity index is 1.21. The Morgan fingerprint density at radius 3 is 2.60 bits per heavy atom. The van der Waals surface area contributed by atoms with E-state index in [0.717, 1.165) is 40.9 Å². The van der Waals surface area contributed by atoms with Crippen molar-refractivity contribution in [1.82, 2.24) is 24.9 Å². The molecule has 3 saturated carbocycles. The minimum Gasteiger partial charge on any atom is -0.496 e. The second-order valence-corrected chi connectivity index (χ2v) is 17.9. The Labute approximate surface area is 308 Å². The topological polar surface area (TPSA) is 157 Å². The highest BCUT2D eigenvalue weighted by atomic mass is 32.2. The SMILES string of the molecule is COc1ccc2c(O[C@@H]3C[C@H]4C(=O)N[C@]5(C(=O)NS(=O)(=O)C6CC6)C[C@@H]5/C=C\CCCCN(C)C(=O)[C@@H]4C3)cc(-c3nc(C(C)C)cs3)nc2c1C. The number of fused-ring (bicyclic) bond motifs is 3. The summed E-state index contributed by atoms with van der Waals surface area (Å²) in [4.78, 5) is 53.5. The lowest BCUT2D eigenvalue weighted by Gasteiger charge is -2.26. The molecule has 1 aliphatic heterocycles. The lowest BCUT2D eigenvalue weighted by atomic mass is 9.93. The third-order valence-corrected chi connectivity index (χ3v) is 13.7. The van der Waals surface area contributed by atoms with Crippen molar-refractivity contribution < 1.29 is 32.3 Å². The molecule has 7 rings (SSSR count). The van der Waals surface area contributed by atoms with Crippen LogP contribution in [0.3, 0.4) is 0 Å². The summed E-state index contributed by atoms with van der Waals surface area (Å²) in [5.74, 6) is -1.63. The Kier molecular flexibility index (Phi) is 9.83. The van der Waals surface area contributed by atoms with Gasteiger partial charge in [0.15, 0.2) is 0 Å². The molecular formula is C38H47N5O7S2. The monoisotopic (exact) mass is 749 g/mol. The molecule has 0 radical (unpaired) electrons. The lowest BCUT2D eigenvalue weighted by Crippen LogP contribution is -2.54. The summed E-state index contributed by atoms with van der Waals surface area (Å²) in [6, 6.07) is 5.66. The summed E-state index contributed by atoms with van der Waals surface area (Å²) in [5.41, 5.74) is 1.79. The van der Waals surface area contributed by atoms with Crippen LogP contribution in [0.5, 0.6) is 11.5 Å². The molecule has 3 fully saturated rings. The van der Waals surface area contributed by atoms with Crippen LogP contribution < -0.4 is 19.5 Å². The molecule has 3 aromatic rings. The minimum absolute atomic E-state index is 0.147. The van der Waals surface area contributed by atoms with Gasteiger partial charge in [0.05, 0.1) is 35.4 Å². The van der Waals surface area contributed by atoms with Crippen molar-refractivity contribution in [2.45, 2.75) is 94.9 Å². The fourth-order valence-corrected chi connectivity index (χ4v) is 9.85. The Hall–Kier alpha value is -4.04. The first-order chi connectivity index (χ1) is 24.8. The number of ether oxygens (including phenoxy) is 2. The van der Waals surface area contributed by atoms with Gasteiger partial charge >= 0.3 is 0 Å². The summed E-state index contributed by atoms with van der Waals surface area (Å²) in [6.07, 6.45) is 7.61. The number of carbonyl (C=O) groups is 3. The maximum Gasteiger partial charge on any atom is 0.259 e. The Morgan fingerprint density at radius 2 is 1.88 bits per heavy atom. The van der Waals surface area contributed by atoms with Gasteiger partial charge in [0.2, 0.25) is 21.8 Å². The van der Waals surface area contributed by atoms with Gasteiger partial charge in [-0.15, -0.1) is 11.3 Å². The molecule has 0 spiro atoms. The van der Waals surface area contributed by atoms with E-state index in [9.17, 15) is 22.8 Å². The second-order valence-electron chi connectivity index (χ2n) is 15.1. The number of thiazole rings is 1. The Bertz CT molecular complexity index is 2040. The van der Waals surface area contributed by atoms with Crippen LogP contribution in [0.4, 0.5) is 0 Å². The zero-order chi connectivity index (χ0) is 36.9. The maximum absolute atomic E-state index is 14.3. The molecule has 278 valence electrons. The number of hydrogen-bond donors (Lipinski definition) is 2. The van der Waals surface area contributed by atoms with E-state index in [2.05, 4.69) is 23.9 Å². The van der Waals surface area contributed by atoms with Gasteiger partial charge in [-0.1, -0.05) is 26.0 Å². The highest BCUT2D eigenvalue weighted by Gasteiger charge is 2.62. The van der Waals surface area contributed by atoms with E-state index in [1.54, 1.807) is 19.1 Å². The van der Waals surface area contributed by atoms with Gasteiger partial charge in [-0.2, -0.15) is 0 Å². The standard InChI is InChI=1S/C38H47N5O7S2/c1-21(2)30-20-51-35(40-30)29-18-32(26-13-14-31(49-5)22(3)33(26)39-29)50-24-16-27-28(17-24)36(45)43(4)15-9-7-6-8-10-23-19-38(23,41-34(27)44)37(46)42-52(47,48)25-11-12-25/h8,10,13-14,18,20-21,23-25,27-28H,6-7,9,11-12,15-17,19H2,1-5H3,(H,41,44)(H,42,46)/b10-8-/t23-,24+,27+,28+,38+/m0/s1. The molecule has 4 aliphatic rings. The van der Waals surface area contributed by atoms with Crippen LogP contribution in [0.15, 0.2) is 35.7 Å². The third-order valence-electron chi connectivity index (χ3n) is 11.0. The fourth-order valence-electron chi connectivity index (χ4n) is 7.55. The van der Waals surface area contributed by atoms with E-state index < -0.39 is 50.6 Å². The van der Waals surface area contributed by atoms with Crippen LogP contribution in [0.2, 0.25) is 0 Å². The molecule has 3 aliphatic carbocycles. The van der Waals surface area contributed by atoms with Crippen LogP contribution in [0.25, 0.3) is 21.6 Å². The number of nitrogens with zero attached hydrogens (tertiary/aromatic N) is 3. The number of aryl methyl sites for hydroxylation is 1. The molecule has 0 saturated heterocycles. The van der Waals surface area contributed by atoms with E-state index in [4.69, 9.17) is 19.4 Å². The Morgan fingerprint density at radius 1 is 1.12 bits per heavy atom. The van der Waals surface area contributed by atoms with Crippen molar-refractivity contribution in [2.24, 2.45) is 17.8 Å². The number of pyridine rings is 1. The van der Waals surface area contributed by atoms with Gasteiger partial charge in [0.25, 0.3) is 5.91 Å². The molecule has 52 heavy (non-hydrogen) atoms. The van der Waals surface area contributed by atoms with Crippen molar-refractivity contribution in [2.75, 3.05) is 20.7 Å². The molecule has 5 atom stereocenters. The minimum atomic E-state index is -3.83. The summed E-state index contributed by atoms with van der Waals surface area (Å²) >= 11 is 1.51. The molecule has 0 unspecified atom stereocenters. The molecule has 3 heterocycles. The smallest absolute Gasteiger partial charge is 0.259 e. The van der Waals surface area contributed by atoms with E-state index >= 15 is 0 Å². The van der Waals surface area contributed by atoms with E-state index in [-0.39, 0.29) is 30.6 Å². The predicted octanol–water partition coefficient (Wildman–Crippen LogP) is 5.25. The van der Waals surface area contributed by atoms with Crippen molar-refractivity contribution in [3.63, 3.8) is 0 Å². The third kappa shape index (κ3) is 7.03. The lowest BCUT2D eigenvalue weighted by molar-refractivity contribution is -0.140. The average molecular weight is 750 g/mol. The number of methoxy groups -OCH3 is 1. The van der Waals surface area contributed by atoms with Gasteiger partial charge in [-0.25, -0.2) is 18.4 Å². The number of rotatable bonds is 8. The first-order valence-electron chi connectivity index (χ1n) is 18.2. The van der Waals surface area contributed by atoms with Crippen molar-refractivity contribution in [3.05, 3.63) is 47.0 Å². The first kappa shape index (κ1) is 36.3. The quantitative estimate of drug-likeness (QED) is 0.294. The summed E-state index contributed by atoms with van der Waals surface area (Å²) in [5, 5.41) is 5.95. The first-order valence-corrected chi connectivity index (χ1v) is 20.6. The van der Waals surface area contributed by atoms with Crippen molar-refractivity contribution in [1.29, 1.82) is 0 Å². The number of amides is 3. The molecule has 12 nitrogen and oxygen atoms in total. The van der Waals surface area contributed by atoms with Gasteiger partial charge in [-0.3, -0.25) is 19.1 Å². The van der Waals surface area contributed by atoms with E-state index in [0.29, 0.717) is 48.5 Å². The zero-order valence-corrected chi connectivity index (χ0v) is 31.9. The number of sulfonamides is 1. The molecule has 1 aromatic carbocycles. The van der Waals surface area contributed by atoms with Gasteiger partial charge in [0.1, 0.15) is 33.8 Å². The number of nitrogens with one attached hydrogen (secondary N) is 2. The largest absolute Gasteiger partial charge is 0.496 e. The number of allylic oxidation sites excluding steroid dienone is 1. The van der Waals surface area contributed by atoms with Crippen LogP contribution in [-0.2, 0) is 24.4 Å². The highest BCUT2D eigenvalue weighted by molar-refractivity contribution is 7.91. The van der Waals surface area contributed by atoms with Crippen LogP contribution in [0.1, 0.15) is 82.4 Å². The summed E-state index contributed by atoms with van der Waals surface area (Å²) < 4.78 is 40.2. The maximum atomic E-state index is 14.3. The molecule has 2 N–H and O–H groups in total. The molecule has 0 bridgehead atoms. The summed E-state index contributed by atoms with van der Waals surface area (Å²) in [6.45, 7) is 6.69. The number of benzene rings is 1. The predicted molar refractivity (Wildman–Crippen MR) is 199 cm³/mol. The van der Waals surface area contributed by atoms with E-state index in [1.807, 2.05) is 42.7 Å². The van der Waals surface area contributed by atoms with Crippen molar-refractivity contribution >= 4 is 50.0 Å². The van der Waals surface area contributed by atoms with E-state index in [1.165, 1.54) is 11.3 Å². The fraction of sp³-hybridized carbons (Fsp3) is 0.553. The van der Waals surface area contributed by atoms with Gasteiger partial charge in [-0.05, 0) is 76.3 Å². The van der Waals surface area contributed by atoms with Crippen LogP contribution in [-0.4, -0.2) is 78.6 Å². The van der Waals surface area contributed by atoms with Crippen molar-refractivity contribution in [3.8, 4) is 22.2 Å². The number of aromatic nitrogens is 2. The molecule has 3 amide bonds. The molecular weight excluding hydrogens is 703 g/mol. The molecule has 2 aromatic heterocycles. The highest BCUT2D eigenvalue weighted by Crippen LogP contribution is 2.47. The van der Waals surface area contributed by atoms with Gasteiger partial charge in [0, 0.05) is 41.9 Å². The number of hydrogen-bond acceptors (Lipinski definition) is 10. The normalized spacial score (nSPS) is 27.4.